The molecule has 0 fully saturated rings. The quantitative estimate of drug-likeness (QED) is 0.684. The molecule has 1 aliphatic heterocycles. The minimum absolute atomic E-state index is 0.0162. The molecule has 0 unspecified atom stereocenters. The van der Waals surface area contributed by atoms with Gasteiger partial charge in [-0.3, -0.25) is 9.89 Å². The number of benzene rings is 2. The van der Waals surface area contributed by atoms with E-state index in [2.05, 4.69) is 23.2 Å². The number of fused-ring (bicyclic) bond motifs is 1. The number of amides is 1. The van der Waals surface area contributed by atoms with E-state index in [0.717, 1.165) is 45.8 Å². The van der Waals surface area contributed by atoms with Gasteiger partial charge in [0.05, 0.1) is 5.69 Å². The predicted octanol–water partition coefficient (Wildman–Crippen LogP) is 4.62. The van der Waals surface area contributed by atoms with Gasteiger partial charge in [0.2, 0.25) is 0 Å². The summed E-state index contributed by atoms with van der Waals surface area (Å²) >= 11 is 6.00. The third-order valence-corrected chi connectivity index (χ3v) is 5.77. The highest BCUT2D eigenvalue weighted by molar-refractivity contribution is 6.30. The molecular formula is C23H24ClN3O2. The zero-order valence-electron chi connectivity index (χ0n) is 16.9. The third-order valence-electron chi connectivity index (χ3n) is 5.52. The van der Waals surface area contributed by atoms with Crippen LogP contribution in [-0.4, -0.2) is 34.2 Å². The van der Waals surface area contributed by atoms with Crippen LogP contribution in [0.15, 0.2) is 36.4 Å². The predicted molar refractivity (Wildman–Crippen MR) is 114 cm³/mol. The van der Waals surface area contributed by atoms with E-state index in [1.54, 1.807) is 0 Å². The Balaban J connectivity index is 1.48. The van der Waals surface area contributed by atoms with Gasteiger partial charge in [0.1, 0.15) is 5.75 Å². The van der Waals surface area contributed by atoms with Crippen LogP contribution in [0.5, 0.6) is 5.75 Å². The Morgan fingerprint density at radius 3 is 2.72 bits per heavy atom. The molecule has 2 aromatic carbocycles. The number of nitrogens with zero attached hydrogens (tertiary/aromatic N) is 2. The molecular weight excluding hydrogens is 386 g/mol. The Kier molecular flexibility index (Phi) is 5.33. The van der Waals surface area contributed by atoms with Crippen LogP contribution in [0.1, 0.15) is 27.9 Å². The monoisotopic (exact) mass is 409 g/mol. The molecule has 1 aromatic heterocycles. The summed E-state index contributed by atoms with van der Waals surface area (Å²) in [6.45, 7) is 7.32. The number of nitrogens with one attached hydrogen (secondary N) is 1. The molecule has 0 aliphatic carbocycles. The average molecular weight is 410 g/mol. The number of carbonyl (C=O) groups is 1. The maximum atomic E-state index is 12.8. The molecule has 0 radical (unpaired) electrons. The van der Waals surface area contributed by atoms with E-state index in [1.165, 1.54) is 5.56 Å². The van der Waals surface area contributed by atoms with Crippen molar-refractivity contribution in [3.05, 3.63) is 69.4 Å². The van der Waals surface area contributed by atoms with Gasteiger partial charge in [-0.25, -0.2) is 0 Å². The van der Waals surface area contributed by atoms with Crippen LogP contribution < -0.4 is 4.74 Å². The van der Waals surface area contributed by atoms with Gasteiger partial charge < -0.3 is 9.64 Å². The van der Waals surface area contributed by atoms with E-state index in [-0.39, 0.29) is 12.5 Å². The summed E-state index contributed by atoms with van der Waals surface area (Å²) in [6, 6.07) is 11.7. The van der Waals surface area contributed by atoms with E-state index < -0.39 is 0 Å². The van der Waals surface area contributed by atoms with E-state index in [9.17, 15) is 4.79 Å². The van der Waals surface area contributed by atoms with E-state index >= 15 is 0 Å². The molecule has 150 valence electrons. The number of carbonyl (C=O) groups excluding carboxylic acids is 1. The molecule has 1 aliphatic rings. The molecule has 6 heteroatoms. The first kappa shape index (κ1) is 19.5. The van der Waals surface area contributed by atoms with Gasteiger partial charge in [0.25, 0.3) is 5.91 Å². The number of aromatic amines is 1. The summed E-state index contributed by atoms with van der Waals surface area (Å²) in [6.07, 6.45) is 0.754. The highest BCUT2D eigenvalue weighted by Gasteiger charge is 2.26. The zero-order valence-corrected chi connectivity index (χ0v) is 17.6. The number of hydrogen-bond donors (Lipinski definition) is 1. The van der Waals surface area contributed by atoms with Gasteiger partial charge >= 0.3 is 0 Å². The van der Waals surface area contributed by atoms with Crippen molar-refractivity contribution in [3.8, 4) is 17.0 Å². The van der Waals surface area contributed by atoms with Crippen LogP contribution in [0.2, 0.25) is 5.02 Å². The second-order valence-corrected chi connectivity index (χ2v) is 8.03. The lowest BCUT2D eigenvalue weighted by atomic mass is 10.0. The Morgan fingerprint density at radius 2 is 1.97 bits per heavy atom. The lowest BCUT2D eigenvalue weighted by Crippen LogP contribution is -2.38. The topological polar surface area (TPSA) is 58.2 Å². The van der Waals surface area contributed by atoms with Crippen molar-refractivity contribution in [1.82, 2.24) is 15.1 Å². The second-order valence-electron chi connectivity index (χ2n) is 7.60. The lowest BCUT2D eigenvalue weighted by Gasteiger charge is -2.27. The number of aromatic nitrogens is 2. The van der Waals surface area contributed by atoms with Crippen molar-refractivity contribution in [2.24, 2.45) is 0 Å². The summed E-state index contributed by atoms with van der Waals surface area (Å²) in [4.78, 5) is 14.7. The maximum absolute atomic E-state index is 12.8. The average Bonchev–Trinajstić information content (AvgIpc) is 3.13. The third kappa shape index (κ3) is 4.01. The SMILES string of the molecule is Cc1cc(C)c(C)c(OCC(=O)N2CCc3[nH]nc(-c4ccc(Cl)cc4)c3C2)c1. The Bertz CT molecular complexity index is 1060. The van der Waals surface area contributed by atoms with Gasteiger partial charge in [-0.1, -0.05) is 29.8 Å². The van der Waals surface area contributed by atoms with Crippen LogP contribution in [-0.2, 0) is 17.8 Å². The fourth-order valence-corrected chi connectivity index (χ4v) is 3.86. The first-order valence-electron chi connectivity index (χ1n) is 9.73. The Labute approximate surface area is 175 Å². The standard InChI is InChI=1S/C23H24ClN3O2/c1-14-10-15(2)16(3)21(11-14)29-13-22(28)27-9-8-20-19(12-27)23(26-25-20)17-4-6-18(24)7-5-17/h4-7,10-11H,8-9,12-13H2,1-3H3,(H,25,26). The van der Waals surface area contributed by atoms with E-state index in [4.69, 9.17) is 16.3 Å². The van der Waals surface area contributed by atoms with Crippen LogP contribution in [0.3, 0.4) is 0 Å². The fourth-order valence-electron chi connectivity index (χ4n) is 3.74. The summed E-state index contributed by atoms with van der Waals surface area (Å²) in [5.41, 5.74) is 7.39. The number of rotatable bonds is 4. The van der Waals surface area contributed by atoms with Gasteiger partial charge in [-0.15, -0.1) is 0 Å². The number of aryl methyl sites for hydroxylation is 2. The van der Waals surface area contributed by atoms with E-state index in [0.29, 0.717) is 18.1 Å². The molecule has 3 aromatic rings. The smallest absolute Gasteiger partial charge is 0.260 e. The van der Waals surface area contributed by atoms with Gasteiger partial charge in [-0.2, -0.15) is 5.10 Å². The number of halogens is 1. The lowest BCUT2D eigenvalue weighted by molar-refractivity contribution is -0.134. The number of ether oxygens (including phenoxy) is 1. The molecule has 2 heterocycles. The molecule has 0 spiro atoms. The molecule has 0 atom stereocenters. The number of H-pyrrole nitrogens is 1. The second kappa shape index (κ2) is 7.91. The molecule has 0 bridgehead atoms. The fraction of sp³-hybridized carbons (Fsp3) is 0.304. The molecule has 0 saturated heterocycles. The maximum Gasteiger partial charge on any atom is 0.260 e. The molecule has 1 amide bonds. The van der Waals surface area contributed by atoms with Gasteiger partial charge in [0.15, 0.2) is 6.61 Å². The summed E-state index contributed by atoms with van der Waals surface area (Å²) in [7, 11) is 0. The summed E-state index contributed by atoms with van der Waals surface area (Å²) < 4.78 is 5.88. The van der Waals surface area contributed by atoms with E-state index in [1.807, 2.05) is 49.1 Å². The van der Waals surface area contributed by atoms with Crippen LogP contribution >= 0.6 is 11.6 Å². The molecule has 5 nitrogen and oxygen atoms in total. The van der Waals surface area contributed by atoms with Crippen molar-refractivity contribution in [1.29, 1.82) is 0 Å². The zero-order chi connectivity index (χ0) is 20.5. The first-order chi connectivity index (χ1) is 13.9. The van der Waals surface area contributed by atoms with Gasteiger partial charge in [0, 0.05) is 41.4 Å². The van der Waals surface area contributed by atoms with Crippen LogP contribution in [0.25, 0.3) is 11.3 Å². The Hall–Kier alpha value is -2.79. The molecule has 4 rings (SSSR count). The highest BCUT2D eigenvalue weighted by atomic mass is 35.5. The van der Waals surface area contributed by atoms with Crippen molar-refractivity contribution >= 4 is 17.5 Å². The molecule has 0 saturated carbocycles. The molecule has 29 heavy (non-hydrogen) atoms. The minimum atomic E-state index is -0.0162. The normalized spacial score (nSPS) is 13.3. The van der Waals surface area contributed by atoms with Crippen molar-refractivity contribution in [2.45, 2.75) is 33.7 Å². The number of hydrogen-bond acceptors (Lipinski definition) is 3. The molecule has 1 N–H and O–H groups in total. The Morgan fingerprint density at radius 1 is 1.21 bits per heavy atom. The minimum Gasteiger partial charge on any atom is -0.483 e. The van der Waals surface area contributed by atoms with Crippen molar-refractivity contribution < 1.29 is 9.53 Å². The summed E-state index contributed by atoms with van der Waals surface area (Å²) in [5.74, 6) is 0.760. The van der Waals surface area contributed by atoms with Crippen molar-refractivity contribution in [2.75, 3.05) is 13.2 Å². The van der Waals surface area contributed by atoms with Crippen LogP contribution in [0.4, 0.5) is 0 Å². The first-order valence-corrected chi connectivity index (χ1v) is 10.1. The largest absolute Gasteiger partial charge is 0.483 e. The van der Waals surface area contributed by atoms with Gasteiger partial charge in [-0.05, 0) is 55.7 Å². The summed E-state index contributed by atoms with van der Waals surface area (Å²) in [5, 5.41) is 8.29. The van der Waals surface area contributed by atoms with Crippen LogP contribution in [0, 0.1) is 20.8 Å². The van der Waals surface area contributed by atoms with Crippen molar-refractivity contribution in [3.63, 3.8) is 0 Å². The highest BCUT2D eigenvalue weighted by Crippen LogP contribution is 2.29.